The minimum absolute atomic E-state index is 0.0268. The van der Waals surface area contributed by atoms with Crippen molar-refractivity contribution in [1.82, 2.24) is 5.32 Å². The van der Waals surface area contributed by atoms with E-state index in [1.165, 1.54) is 12.1 Å². The Morgan fingerprint density at radius 1 is 0.914 bits per heavy atom. The minimum atomic E-state index is -4.79. The fourth-order valence-electron chi connectivity index (χ4n) is 4.21. The standard InChI is InChI=1S/C26H22F3NO5/c27-26(28,29)35-17-12-9-16(10-13-17)11-14-23(24(31)32)30-25(33)34-15-22-20-7-3-1-5-18(20)19-6-2-4-8-21(19)22/h1-10,12-13,22-23H,11,14-15H2,(H,30,33)(H,31,32)/t23-/m1/s1. The molecule has 3 aromatic carbocycles. The lowest BCUT2D eigenvalue weighted by molar-refractivity contribution is -0.274. The predicted octanol–water partition coefficient (Wildman–Crippen LogP) is 5.51. The Hall–Kier alpha value is -4.01. The van der Waals surface area contributed by atoms with Gasteiger partial charge in [0.2, 0.25) is 0 Å². The average Bonchev–Trinajstić information content (AvgIpc) is 3.14. The lowest BCUT2D eigenvalue weighted by Gasteiger charge is -2.17. The number of alkyl halides is 3. The Kier molecular flexibility index (Phi) is 6.95. The monoisotopic (exact) mass is 485 g/mol. The number of carbonyl (C=O) groups is 2. The smallest absolute Gasteiger partial charge is 0.480 e. The zero-order valence-electron chi connectivity index (χ0n) is 18.4. The van der Waals surface area contributed by atoms with Crippen molar-refractivity contribution in [2.75, 3.05) is 6.61 Å². The number of aryl methyl sites for hydroxylation is 1. The molecule has 0 fully saturated rings. The van der Waals surface area contributed by atoms with E-state index < -0.39 is 24.5 Å². The maximum atomic E-state index is 12.4. The van der Waals surface area contributed by atoms with Gasteiger partial charge < -0.3 is 19.9 Å². The van der Waals surface area contributed by atoms with Gasteiger partial charge >= 0.3 is 18.4 Å². The Morgan fingerprint density at radius 3 is 2.03 bits per heavy atom. The van der Waals surface area contributed by atoms with Gasteiger partial charge in [-0.25, -0.2) is 9.59 Å². The number of hydrogen-bond donors (Lipinski definition) is 2. The van der Waals surface area contributed by atoms with Crippen LogP contribution >= 0.6 is 0 Å². The lowest BCUT2D eigenvalue weighted by atomic mass is 9.98. The second-order valence-electron chi connectivity index (χ2n) is 8.09. The van der Waals surface area contributed by atoms with Gasteiger partial charge in [0.15, 0.2) is 0 Å². The highest BCUT2D eigenvalue weighted by molar-refractivity contribution is 5.81. The number of alkyl carbamates (subject to hydrolysis) is 1. The lowest BCUT2D eigenvalue weighted by Crippen LogP contribution is -2.41. The van der Waals surface area contributed by atoms with E-state index in [9.17, 15) is 27.9 Å². The van der Waals surface area contributed by atoms with Gasteiger partial charge in [-0.15, -0.1) is 13.2 Å². The van der Waals surface area contributed by atoms with E-state index >= 15 is 0 Å². The number of benzene rings is 3. The molecule has 1 aliphatic rings. The molecular formula is C26H22F3NO5. The fourth-order valence-corrected chi connectivity index (χ4v) is 4.21. The van der Waals surface area contributed by atoms with Crippen LogP contribution in [0, 0.1) is 0 Å². The summed E-state index contributed by atoms with van der Waals surface area (Å²) in [4.78, 5) is 24.0. The Labute approximate surface area is 199 Å². The molecule has 1 atom stereocenters. The Bertz CT molecular complexity index is 1160. The van der Waals surface area contributed by atoms with Crippen LogP contribution in [0.15, 0.2) is 72.8 Å². The van der Waals surface area contributed by atoms with Crippen molar-refractivity contribution >= 4 is 12.1 Å². The van der Waals surface area contributed by atoms with E-state index in [1.807, 2.05) is 48.5 Å². The summed E-state index contributed by atoms with van der Waals surface area (Å²) in [5.41, 5.74) is 4.82. The van der Waals surface area contributed by atoms with Crippen molar-refractivity contribution in [2.24, 2.45) is 0 Å². The molecule has 1 aliphatic carbocycles. The van der Waals surface area contributed by atoms with Crippen LogP contribution in [-0.4, -0.2) is 36.2 Å². The molecule has 182 valence electrons. The quantitative estimate of drug-likeness (QED) is 0.440. The zero-order valence-corrected chi connectivity index (χ0v) is 18.4. The number of fused-ring (bicyclic) bond motifs is 3. The number of nitrogens with one attached hydrogen (secondary N) is 1. The first-order valence-electron chi connectivity index (χ1n) is 10.9. The normalized spacial score (nSPS) is 13.5. The van der Waals surface area contributed by atoms with Gasteiger partial charge in [-0.2, -0.15) is 0 Å². The average molecular weight is 485 g/mol. The largest absolute Gasteiger partial charge is 0.573 e. The second-order valence-corrected chi connectivity index (χ2v) is 8.09. The topological polar surface area (TPSA) is 84.9 Å². The molecular weight excluding hydrogens is 463 g/mol. The number of halogens is 3. The van der Waals surface area contributed by atoms with Crippen molar-refractivity contribution < 1.29 is 37.3 Å². The van der Waals surface area contributed by atoms with Crippen LogP contribution in [0.5, 0.6) is 5.75 Å². The minimum Gasteiger partial charge on any atom is -0.480 e. The van der Waals surface area contributed by atoms with Crippen molar-refractivity contribution in [1.29, 1.82) is 0 Å². The van der Waals surface area contributed by atoms with Gasteiger partial charge in [-0.3, -0.25) is 0 Å². The van der Waals surface area contributed by atoms with E-state index in [2.05, 4.69) is 10.1 Å². The molecule has 2 N–H and O–H groups in total. The molecule has 0 unspecified atom stereocenters. The van der Waals surface area contributed by atoms with E-state index in [0.29, 0.717) is 5.56 Å². The van der Waals surface area contributed by atoms with E-state index in [-0.39, 0.29) is 31.1 Å². The van der Waals surface area contributed by atoms with Crippen LogP contribution < -0.4 is 10.1 Å². The molecule has 0 spiro atoms. The number of carboxylic acid groups (broad SMARTS) is 1. The molecule has 0 radical (unpaired) electrons. The number of hydrogen-bond acceptors (Lipinski definition) is 4. The van der Waals surface area contributed by atoms with Crippen LogP contribution in [0.2, 0.25) is 0 Å². The van der Waals surface area contributed by atoms with Gasteiger partial charge in [-0.1, -0.05) is 60.7 Å². The number of amides is 1. The van der Waals surface area contributed by atoms with Crippen molar-refractivity contribution in [2.45, 2.75) is 31.2 Å². The Balaban J connectivity index is 1.33. The predicted molar refractivity (Wildman–Crippen MR) is 121 cm³/mol. The highest BCUT2D eigenvalue weighted by Gasteiger charge is 2.31. The van der Waals surface area contributed by atoms with Gasteiger partial charge in [0.1, 0.15) is 18.4 Å². The molecule has 0 aromatic heterocycles. The molecule has 0 saturated carbocycles. The van der Waals surface area contributed by atoms with Crippen LogP contribution in [0.25, 0.3) is 11.1 Å². The first kappa shape index (κ1) is 24.1. The summed E-state index contributed by atoms with van der Waals surface area (Å²) in [7, 11) is 0. The highest BCUT2D eigenvalue weighted by Crippen LogP contribution is 2.44. The molecule has 0 aliphatic heterocycles. The molecule has 3 aromatic rings. The fraction of sp³-hybridized carbons (Fsp3) is 0.231. The van der Waals surface area contributed by atoms with Crippen molar-refractivity contribution in [3.05, 3.63) is 89.5 Å². The number of carbonyl (C=O) groups excluding carboxylic acids is 1. The molecule has 0 saturated heterocycles. The van der Waals surface area contributed by atoms with Gasteiger partial charge in [0, 0.05) is 5.92 Å². The first-order valence-corrected chi connectivity index (χ1v) is 10.9. The van der Waals surface area contributed by atoms with Crippen LogP contribution in [0.3, 0.4) is 0 Å². The number of ether oxygens (including phenoxy) is 2. The van der Waals surface area contributed by atoms with Crippen LogP contribution in [0.4, 0.5) is 18.0 Å². The Morgan fingerprint density at radius 2 is 1.49 bits per heavy atom. The van der Waals surface area contributed by atoms with Crippen molar-refractivity contribution in [3.63, 3.8) is 0 Å². The zero-order chi connectivity index (χ0) is 25.0. The van der Waals surface area contributed by atoms with Crippen molar-refractivity contribution in [3.8, 4) is 16.9 Å². The van der Waals surface area contributed by atoms with Crippen LogP contribution in [0.1, 0.15) is 29.0 Å². The van der Waals surface area contributed by atoms with Gasteiger partial charge in [0.25, 0.3) is 0 Å². The summed E-state index contributed by atoms with van der Waals surface area (Å²) in [5, 5.41) is 11.9. The SMILES string of the molecule is O=C(N[C@H](CCc1ccc(OC(F)(F)F)cc1)C(=O)O)OCC1c2ccccc2-c2ccccc21. The van der Waals surface area contributed by atoms with Gasteiger partial charge in [0.05, 0.1) is 0 Å². The number of carboxylic acids is 1. The summed E-state index contributed by atoms with van der Waals surface area (Å²) in [6.45, 7) is 0.0485. The molecule has 35 heavy (non-hydrogen) atoms. The van der Waals surface area contributed by atoms with E-state index in [0.717, 1.165) is 34.4 Å². The summed E-state index contributed by atoms with van der Waals surface area (Å²) < 4.78 is 46.0. The molecule has 6 nitrogen and oxygen atoms in total. The molecule has 1 amide bonds. The maximum absolute atomic E-state index is 12.4. The summed E-state index contributed by atoms with van der Waals surface area (Å²) >= 11 is 0. The van der Waals surface area contributed by atoms with E-state index in [1.54, 1.807) is 0 Å². The van der Waals surface area contributed by atoms with E-state index in [4.69, 9.17) is 4.74 Å². The summed E-state index contributed by atoms with van der Waals surface area (Å²) in [6.07, 6.45) is -5.40. The second kappa shape index (κ2) is 10.1. The number of aliphatic carboxylic acids is 1. The third-order valence-electron chi connectivity index (χ3n) is 5.81. The number of rotatable bonds is 8. The molecule has 4 rings (SSSR count). The molecule has 0 heterocycles. The third-order valence-corrected chi connectivity index (χ3v) is 5.81. The first-order chi connectivity index (χ1) is 16.7. The third kappa shape index (κ3) is 5.92. The summed E-state index contributed by atoms with van der Waals surface area (Å²) in [5.74, 6) is -1.77. The summed E-state index contributed by atoms with van der Waals surface area (Å²) in [6, 6.07) is 19.6. The van der Waals surface area contributed by atoms with Crippen LogP contribution in [-0.2, 0) is 16.0 Å². The highest BCUT2D eigenvalue weighted by atomic mass is 19.4. The molecule has 0 bridgehead atoms. The molecule has 9 heteroatoms. The van der Waals surface area contributed by atoms with Gasteiger partial charge in [-0.05, 0) is 52.8 Å². The maximum Gasteiger partial charge on any atom is 0.573 e.